The highest BCUT2D eigenvalue weighted by atomic mass is 16.5. The van der Waals surface area contributed by atoms with Gasteiger partial charge in [-0.1, -0.05) is 42.5 Å². The largest absolute Gasteiger partial charge is 0.497 e. The van der Waals surface area contributed by atoms with Gasteiger partial charge in [-0.3, -0.25) is 0 Å². The van der Waals surface area contributed by atoms with E-state index < -0.39 is 0 Å². The molecule has 29 heavy (non-hydrogen) atoms. The van der Waals surface area contributed by atoms with Crippen LogP contribution in [0, 0.1) is 0 Å². The molecule has 0 atom stereocenters. The Balaban J connectivity index is 1.62. The molecule has 0 saturated heterocycles. The van der Waals surface area contributed by atoms with Crippen molar-refractivity contribution in [2.24, 2.45) is 0 Å². The molecule has 0 heterocycles. The molecule has 0 radical (unpaired) electrons. The highest BCUT2D eigenvalue weighted by Crippen LogP contribution is 2.28. The number of ether oxygens (including phenoxy) is 2. The van der Waals surface area contributed by atoms with E-state index in [9.17, 15) is 0 Å². The topological polar surface area (TPSA) is 21.7 Å². The van der Waals surface area contributed by atoms with Gasteiger partial charge in [-0.15, -0.1) is 0 Å². The number of fused-ring (bicyclic) bond motifs is 1. The number of methoxy groups -OCH3 is 2. The summed E-state index contributed by atoms with van der Waals surface area (Å²) in [6, 6.07) is 23.5. The average molecular weight is 386 g/mol. The summed E-state index contributed by atoms with van der Waals surface area (Å²) in [5.74, 6) is 1.77. The average Bonchev–Trinajstić information content (AvgIpc) is 2.79. The Morgan fingerprint density at radius 3 is 1.90 bits per heavy atom. The lowest BCUT2D eigenvalue weighted by Gasteiger charge is -2.27. The molecule has 0 saturated carbocycles. The van der Waals surface area contributed by atoms with Gasteiger partial charge < -0.3 is 14.4 Å². The maximum atomic E-state index is 5.31. The van der Waals surface area contributed by atoms with E-state index in [2.05, 4.69) is 59.5 Å². The number of rotatable bonds is 7. The molecule has 0 fully saturated rings. The lowest BCUT2D eigenvalue weighted by molar-refractivity contribution is 0.414. The highest BCUT2D eigenvalue weighted by molar-refractivity contribution is 5.62. The van der Waals surface area contributed by atoms with E-state index >= 15 is 0 Å². The van der Waals surface area contributed by atoms with Gasteiger partial charge in [0.05, 0.1) is 14.2 Å². The molecule has 4 rings (SSSR count). The van der Waals surface area contributed by atoms with Gasteiger partial charge in [0.2, 0.25) is 0 Å². The third kappa shape index (κ3) is 4.62. The molecule has 148 valence electrons. The first-order valence-electron chi connectivity index (χ1n) is 10.1. The third-order valence-corrected chi connectivity index (χ3v) is 5.43. The third-order valence-electron chi connectivity index (χ3n) is 5.43. The standard InChI is InChI=1S/C26H27NO2/c1-28-25-13-7-20(8-14-25)18-27(19-21-9-15-26(29-2)16-10-21)24-12-11-22-5-3-4-6-23(22)17-24/h3,5,7-17H,4,6,18-19H2,1-2H3. The number of anilines is 1. The molecule has 3 heteroatoms. The van der Waals surface area contributed by atoms with E-state index in [1.54, 1.807) is 14.2 Å². The van der Waals surface area contributed by atoms with Crippen molar-refractivity contribution in [3.63, 3.8) is 0 Å². The molecule has 0 amide bonds. The first kappa shape index (κ1) is 19.1. The Hall–Kier alpha value is -3.20. The van der Waals surface area contributed by atoms with Gasteiger partial charge in [0.15, 0.2) is 0 Å². The summed E-state index contributed by atoms with van der Waals surface area (Å²) in [5.41, 5.74) is 6.55. The highest BCUT2D eigenvalue weighted by Gasteiger charge is 2.12. The van der Waals surface area contributed by atoms with Crippen molar-refractivity contribution in [2.45, 2.75) is 25.9 Å². The molecule has 1 aliphatic carbocycles. The Bertz CT molecular complexity index is 925. The van der Waals surface area contributed by atoms with Crippen LogP contribution in [-0.4, -0.2) is 14.2 Å². The van der Waals surface area contributed by atoms with Crippen molar-refractivity contribution in [3.05, 3.63) is 95.1 Å². The minimum atomic E-state index is 0.838. The molecule has 0 aromatic heterocycles. The number of nitrogens with zero attached hydrogens (tertiary/aromatic N) is 1. The molecule has 0 aliphatic heterocycles. The van der Waals surface area contributed by atoms with E-state index in [-0.39, 0.29) is 0 Å². The quantitative estimate of drug-likeness (QED) is 0.508. The maximum Gasteiger partial charge on any atom is 0.118 e. The second kappa shape index (κ2) is 8.87. The van der Waals surface area contributed by atoms with E-state index in [0.717, 1.165) is 37.4 Å². The van der Waals surface area contributed by atoms with Crippen molar-refractivity contribution in [1.29, 1.82) is 0 Å². The number of aryl methyl sites for hydroxylation is 1. The lowest BCUT2D eigenvalue weighted by atomic mass is 9.96. The van der Waals surface area contributed by atoms with E-state index in [1.807, 2.05) is 24.3 Å². The molecule has 1 aliphatic rings. The molecule has 0 unspecified atom stereocenters. The summed E-state index contributed by atoms with van der Waals surface area (Å²) >= 11 is 0. The molecule has 0 N–H and O–H groups in total. The number of hydrogen-bond acceptors (Lipinski definition) is 3. The van der Waals surface area contributed by atoms with Crippen molar-refractivity contribution >= 4 is 11.8 Å². The molecule has 0 bridgehead atoms. The van der Waals surface area contributed by atoms with E-state index in [0.29, 0.717) is 0 Å². The van der Waals surface area contributed by atoms with Gasteiger partial charge in [0, 0.05) is 18.8 Å². The normalized spacial score (nSPS) is 12.3. The minimum absolute atomic E-state index is 0.838. The fourth-order valence-electron chi connectivity index (χ4n) is 3.76. The minimum Gasteiger partial charge on any atom is -0.497 e. The molecule has 0 spiro atoms. The molecular weight excluding hydrogens is 358 g/mol. The molecular formula is C26H27NO2. The van der Waals surface area contributed by atoms with Crippen molar-refractivity contribution < 1.29 is 9.47 Å². The first-order chi connectivity index (χ1) is 14.2. The zero-order valence-electron chi connectivity index (χ0n) is 17.1. The van der Waals surface area contributed by atoms with Gasteiger partial charge in [0.1, 0.15) is 11.5 Å². The van der Waals surface area contributed by atoms with Gasteiger partial charge in [-0.05, 0) is 71.5 Å². The SMILES string of the molecule is COc1ccc(CN(Cc2ccc(OC)cc2)c2ccc3c(c2)CCC=C3)cc1. The molecule has 3 aromatic rings. The van der Waals surface area contributed by atoms with Crippen LogP contribution in [0.4, 0.5) is 5.69 Å². The Morgan fingerprint density at radius 1 is 0.759 bits per heavy atom. The predicted molar refractivity (Wildman–Crippen MR) is 120 cm³/mol. The van der Waals surface area contributed by atoms with Crippen LogP contribution in [0.3, 0.4) is 0 Å². The van der Waals surface area contributed by atoms with Gasteiger partial charge in [-0.25, -0.2) is 0 Å². The summed E-state index contributed by atoms with van der Waals surface area (Å²) < 4.78 is 10.6. The number of benzene rings is 3. The Kier molecular flexibility index (Phi) is 5.85. The summed E-state index contributed by atoms with van der Waals surface area (Å²) in [5, 5.41) is 0. The van der Waals surface area contributed by atoms with Gasteiger partial charge >= 0.3 is 0 Å². The van der Waals surface area contributed by atoms with Crippen LogP contribution in [0.1, 0.15) is 28.7 Å². The fourth-order valence-corrected chi connectivity index (χ4v) is 3.76. The van der Waals surface area contributed by atoms with Crippen molar-refractivity contribution in [3.8, 4) is 11.5 Å². The number of hydrogen-bond donors (Lipinski definition) is 0. The van der Waals surface area contributed by atoms with Crippen LogP contribution in [0.15, 0.2) is 72.8 Å². The Morgan fingerprint density at radius 2 is 1.34 bits per heavy atom. The van der Waals surface area contributed by atoms with Crippen LogP contribution >= 0.6 is 0 Å². The summed E-state index contributed by atoms with van der Waals surface area (Å²) in [4.78, 5) is 2.43. The maximum absolute atomic E-state index is 5.31. The zero-order valence-corrected chi connectivity index (χ0v) is 17.1. The second-order valence-electron chi connectivity index (χ2n) is 7.38. The van der Waals surface area contributed by atoms with Crippen molar-refractivity contribution in [1.82, 2.24) is 0 Å². The predicted octanol–water partition coefficient (Wildman–Crippen LogP) is 5.87. The fraction of sp³-hybridized carbons (Fsp3) is 0.231. The van der Waals surface area contributed by atoms with E-state index in [1.165, 1.54) is 27.9 Å². The summed E-state index contributed by atoms with van der Waals surface area (Å²) in [6.45, 7) is 1.68. The summed E-state index contributed by atoms with van der Waals surface area (Å²) in [7, 11) is 3.40. The molecule has 3 aromatic carbocycles. The Labute approximate surface area is 173 Å². The van der Waals surface area contributed by atoms with Crippen molar-refractivity contribution in [2.75, 3.05) is 19.1 Å². The van der Waals surface area contributed by atoms with Crippen LogP contribution < -0.4 is 14.4 Å². The van der Waals surface area contributed by atoms with Gasteiger partial charge in [0.25, 0.3) is 0 Å². The molecule has 3 nitrogen and oxygen atoms in total. The smallest absolute Gasteiger partial charge is 0.118 e. The lowest BCUT2D eigenvalue weighted by Crippen LogP contribution is -2.22. The zero-order chi connectivity index (χ0) is 20.1. The van der Waals surface area contributed by atoms with Gasteiger partial charge in [-0.2, -0.15) is 0 Å². The van der Waals surface area contributed by atoms with E-state index in [4.69, 9.17) is 9.47 Å². The summed E-state index contributed by atoms with van der Waals surface area (Å²) in [6.07, 6.45) is 6.72. The first-order valence-corrected chi connectivity index (χ1v) is 10.1. The number of allylic oxidation sites excluding steroid dienone is 1. The monoisotopic (exact) mass is 385 g/mol. The van der Waals surface area contributed by atoms with Crippen LogP contribution in [-0.2, 0) is 19.5 Å². The van der Waals surface area contributed by atoms with Crippen LogP contribution in [0.25, 0.3) is 6.08 Å². The second-order valence-corrected chi connectivity index (χ2v) is 7.38. The van der Waals surface area contributed by atoms with Crippen LogP contribution in [0.5, 0.6) is 11.5 Å². The van der Waals surface area contributed by atoms with Crippen LogP contribution in [0.2, 0.25) is 0 Å².